The number of nitrogens with zero attached hydrogens (tertiary/aromatic N) is 3. The highest BCUT2D eigenvalue weighted by molar-refractivity contribution is 7.09. The van der Waals surface area contributed by atoms with Crippen molar-refractivity contribution in [3.63, 3.8) is 0 Å². The summed E-state index contributed by atoms with van der Waals surface area (Å²) >= 11 is 1.72. The smallest absolute Gasteiger partial charge is 0.191 e. The number of piperidine rings is 1. The van der Waals surface area contributed by atoms with Gasteiger partial charge in [-0.15, -0.1) is 11.3 Å². The average molecular weight is 426 g/mol. The van der Waals surface area contributed by atoms with Gasteiger partial charge in [0.2, 0.25) is 0 Å². The van der Waals surface area contributed by atoms with Gasteiger partial charge in [-0.1, -0.05) is 51.1 Å². The number of hydrogen-bond acceptors (Lipinski definition) is 4. The summed E-state index contributed by atoms with van der Waals surface area (Å²) in [6.45, 7) is 8.42. The molecule has 2 saturated heterocycles. The first kappa shape index (κ1) is 21.3. The topological polar surface area (TPSA) is 52.6 Å². The van der Waals surface area contributed by atoms with Crippen LogP contribution in [-0.2, 0) is 18.5 Å². The Morgan fingerprint density at radius 1 is 1.17 bits per heavy atom. The molecule has 2 aromatic rings. The predicted octanol–water partition coefficient (Wildman–Crippen LogP) is 4.30. The molecule has 2 atom stereocenters. The summed E-state index contributed by atoms with van der Waals surface area (Å²) in [4.78, 5) is 12.0. The van der Waals surface area contributed by atoms with Crippen molar-refractivity contribution in [3.8, 4) is 0 Å². The van der Waals surface area contributed by atoms with Gasteiger partial charge in [-0.2, -0.15) is 0 Å². The number of hydrogen-bond donors (Lipinski definition) is 2. The second-order valence-electron chi connectivity index (χ2n) is 9.66. The molecule has 0 radical (unpaired) electrons. The predicted molar refractivity (Wildman–Crippen MR) is 126 cm³/mol. The first-order valence-corrected chi connectivity index (χ1v) is 12.0. The van der Waals surface area contributed by atoms with Gasteiger partial charge < -0.3 is 10.6 Å². The Morgan fingerprint density at radius 2 is 1.87 bits per heavy atom. The molecule has 2 bridgehead atoms. The number of rotatable bonds is 5. The summed E-state index contributed by atoms with van der Waals surface area (Å²) < 4.78 is 0. The van der Waals surface area contributed by atoms with Crippen LogP contribution in [0.3, 0.4) is 0 Å². The summed E-state index contributed by atoms with van der Waals surface area (Å²) in [5.41, 5.74) is 2.69. The number of fused-ring (bicyclic) bond motifs is 2. The maximum Gasteiger partial charge on any atom is 0.191 e. The third-order valence-electron chi connectivity index (χ3n) is 6.38. The number of aliphatic imine (C=N–C) groups is 1. The fraction of sp³-hybridized carbons (Fsp3) is 0.583. The van der Waals surface area contributed by atoms with Crippen LogP contribution in [0.5, 0.6) is 0 Å². The zero-order valence-corrected chi connectivity index (χ0v) is 19.5. The number of guanidine groups is 1. The van der Waals surface area contributed by atoms with E-state index in [-0.39, 0.29) is 5.41 Å². The zero-order valence-electron chi connectivity index (χ0n) is 18.7. The second-order valence-corrected chi connectivity index (χ2v) is 10.6. The van der Waals surface area contributed by atoms with Crippen LogP contribution >= 0.6 is 11.3 Å². The van der Waals surface area contributed by atoms with E-state index in [2.05, 4.69) is 77.0 Å². The largest absolute Gasteiger partial charge is 0.354 e. The molecule has 162 valence electrons. The SMILES string of the molecule is CN=C(NCc1nc(C(C)(C)C)cs1)NC1CC2CCC(C1)N2Cc1ccccc1. The van der Waals surface area contributed by atoms with Gasteiger partial charge in [0.15, 0.2) is 5.96 Å². The molecule has 3 heterocycles. The van der Waals surface area contributed by atoms with E-state index in [0.29, 0.717) is 18.1 Å². The fourth-order valence-corrected chi connectivity index (χ4v) is 5.69. The van der Waals surface area contributed by atoms with Crippen LogP contribution in [0.4, 0.5) is 0 Å². The van der Waals surface area contributed by atoms with Crippen LogP contribution in [0.1, 0.15) is 62.7 Å². The van der Waals surface area contributed by atoms with Gasteiger partial charge in [-0.25, -0.2) is 4.98 Å². The summed E-state index contributed by atoms with van der Waals surface area (Å²) in [6.07, 6.45) is 5.01. The molecule has 1 aromatic heterocycles. The van der Waals surface area contributed by atoms with Crippen molar-refractivity contribution < 1.29 is 0 Å². The molecule has 1 aromatic carbocycles. The lowest BCUT2D eigenvalue weighted by Crippen LogP contribution is -2.52. The van der Waals surface area contributed by atoms with Crippen molar-refractivity contribution in [2.24, 2.45) is 4.99 Å². The summed E-state index contributed by atoms with van der Waals surface area (Å²) in [5.74, 6) is 0.892. The molecular formula is C24H35N5S. The maximum absolute atomic E-state index is 4.79. The molecule has 0 saturated carbocycles. The Balaban J connectivity index is 1.29. The third kappa shape index (κ3) is 5.03. The lowest BCUT2D eigenvalue weighted by Gasteiger charge is -2.39. The molecule has 0 aliphatic carbocycles. The van der Waals surface area contributed by atoms with E-state index in [1.165, 1.54) is 31.2 Å². The highest BCUT2D eigenvalue weighted by Crippen LogP contribution is 2.36. The minimum Gasteiger partial charge on any atom is -0.354 e. The first-order chi connectivity index (χ1) is 14.4. The van der Waals surface area contributed by atoms with Gasteiger partial charge >= 0.3 is 0 Å². The number of benzene rings is 1. The number of aromatic nitrogens is 1. The van der Waals surface area contributed by atoms with Gasteiger partial charge in [0.05, 0.1) is 12.2 Å². The standard InChI is InChI=1S/C24H35N5S/c1-24(2,3)21-16-30-22(28-21)14-26-23(25-4)27-18-12-19-10-11-20(13-18)29(19)15-17-8-6-5-7-9-17/h5-9,16,18-20H,10-15H2,1-4H3,(H2,25,26,27). The number of nitrogens with one attached hydrogen (secondary N) is 2. The van der Waals surface area contributed by atoms with E-state index in [1.54, 1.807) is 11.3 Å². The molecule has 2 unspecified atom stereocenters. The monoisotopic (exact) mass is 425 g/mol. The van der Waals surface area contributed by atoms with Gasteiger partial charge in [0.1, 0.15) is 5.01 Å². The Morgan fingerprint density at radius 3 is 2.47 bits per heavy atom. The lowest BCUT2D eigenvalue weighted by atomic mass is 9.93. The fourth-order valence-electron chi connectivity index (χ4n) is 4.73. The third-order valence-corrected chi connectivity index (χ3v) is 7.23. The van der Waals surface area contributed by atoms with Crippen molar-refractivity contribution in [2.45, 2.75) is 83.1 Å². The zero-order chi connectivity index (χ0) is 21.1. The Bertz CT molecular complexity index is 840. The van der Waals surface area contributed by atoms with Crippen LogP contribution < -0.4 is 10.6 Å². The highest BCUT2D eigenvalue weighted by Gasteiger charge is 2.40. The molecule has 0 spiro atoms. The van der Waals surface area contributed by atoms with E-state index in [4.69, 9.17) is 4.98 Å². The second kappa shape index (κ2) is 9.06. The van der Waals surface area contributed by atoms with Crippen LogP contribution in [0, 0.1) is 0 Å². The van der Waals surface area contributed by atoms with Gasteiger partial charge in [0.25, 0.3) is 0 Å². The van der Waals surface area contributed by atoms with E-state index in [1.807, 2.05) is 7.05 Å². The molecule has 2 aliphatic rings. The molecule has 2 fully saturated rings. The minimum atomic E-state index is 0.0989. The van der Waals surface area contributed by atoms with Crippen molar-refractivity contribution in [2.75, 3.05) is 7.05 Å². The average Bonchev–Trinajstić information content (AvgIpc) is 3.28. The minimum absolute atomic E-state index is 0.0989. The van der Waals surface area contributed by atoms with Crippen LogP contribution in [0.2, 0.25) is 0 Å². The van der Waals surface area contributed by atoms with Crippen LogP contribution in [0.15, 0.2) is 40.7 Å². The molecule has 2 aliphatic heterocycles. The molecule has 5 nitrogen and oxygen atoms in total. The summed E-state index contributed by atoms with van der Waals surface area (Å²) in [6, 6.07) is 12.7. The van der Waals surface area contributed by atoms with Crippen LogP contribution in [-0.4, -0.2) is 41.0 Å². The maximum atomic E-state index is 4.79. The lowest BCUT2D eigenvalue weighted by molar-refractivity contribution is 0.114. The van der Waals surface area contributed by atoms with Crippen molar-refractivity contribution in [1.82, 2.24) is 20.5 Å². The van der Waals surface area contributed by atoms with Gasteiger partial charge in [-0.05, 0) is 31.2 Å². The van der Waals surface area contributed by atoms with Crippen molar-refractivity contribution in [3.05, 3.63) is 52.0 Å². The van der Waals surface area contributed by atoms with Gasteiger partial charge in [-0.3, -0.25) is 9.89 Å². The van der Waals surface area contributed by atoms with E-state index in [0.717, 1.165) is 29.8 Å². The highest BCUT2D eigenvalue weighted by atomic mass is 32.1. The van der Waals surface area contributed by atoms with Crippen LogP contribution in [0.25, 0.3) is 0 Å². The van der Waals surface area contributed by atoms with Gasteiger partial charge in [0, 0.05) is 42.5 Å². The Hall–Kier alpha value is -1.92. The molecule has 2 N–H and O–H groups in total. The van der Waals surface area contributed by atoms with E-state index in [9.17, 15) is 0 Å². The summed E-state index contributed by atoms with van der Waals surface area (Å²) in [5, 5.41) is 10.4. The molecule has 0 amide bonds. The normalized spacial score (nSPS) is 24.8. The Labute approximate surface area is 185 Å². The van der Waals surface area contributed by atoms with Crippen molar-refractivity contribution >= 4 is 17.3 Å². The molecule has 4 rings (SSSR count). The number of thiazole rings is 1. The van der Waals surface area contributed by atoms with Crippen molar-refractivity contribution in [1.29, 1.82) is 0 Å². The molecule has 6 heteroatoms. The quantitative estimate of drug-likeness (QED) is 0.554. The summed E-state index contributed by atoms with van der Waals surface area (Å²) in [7, 11) is 1.86. The Kier molecular flexibility index (Phi) is 6.44. The molecule has 30 heavy (non-hydrogen) atoms. The first-order valence-electron chi connectivity index (χ1n) is 11.1. The molecular weight excluding hydrogens is 390 g/mol. The van der Waals surface area contributed by atoms with E-state index >= 15 is 0 Å². The van der Waals surface area contributed by atoms with E-state index < -0.39 is 0 Å².